The van der Waals surface area contributed by atoms with E-state index in [2.05, 4.69) is 24.1 Å². The number of carbonyl (C=O) groups is 1. The molecule has 4 heteroatoms. The van der Waals surface area contributed by atoms with Crippen LogP contribution in [-0.4, -0.2) is 41.5 Å². The maximum Gasteiger partial charge on any atom is 0.178 e. The summed E-state index contributed by atoms with van der Waals surface area (Å²) in [5.41, 5.74) is 4.42. The van der Waals surface area contributed by atoms with Gasteiger partial charge in [-0.2, -0.15) is 0 Å². The molecule has 1 aromatic carbocycles. The Hall–Kier alpha value is -1.65. The van der Waals surface area contributed by atoms with Crippen LogP contribution in [0.2, 0.25) is 0 Å². The number of hydrogen-bond donors (Lipinski definition) is 1. The lowest BCUT2D eigenvalue weighted by Crippen LogP contribution is -2.60. The molecule has 5 rings (SSSR count). The number of aliphatic hydroxyl groups excluding tert-OH is 1. The number of ether oxygens (including phenoxy) is 1. The predicted octanol–water partition coefficient (Wildman–Crippen LogP) is 1.34. The molecule has 0 aromatic heterocycles. The van der Waals surface area contributed by atoms with Crippen LogP contribution in [0.15, 0.2) is 23.8 Å². The molecule has 0 saturated carbocycles. The van der Waals surface area contributed by atoms with Gasteiger partial charge in [-0.25, -0.2) is 0 Å². The van der Waals surface area contributed by atoms with Crippen LogP contribution < -0.4 is 4.74 Å². The molecule has 0 radical (unpaired) electrons. The lowest BCUT2D eigenvalue weighted by Gasteiger charge is -2.52. The normalized spacial score (nSPS) is 35.0. The third-order valence-corrected chi connectivity index (χ3v) is 6.12. The van der Waals surface area contributed by atoms with Gasteiger partial charge in [-0.1, -0.05) is 18.2 Å². The quantitative estimate of drug-likeness (QED) is 0.795. The molecule has 1 N–H and O–H groups in total. The van der Waals surface area contributed by atoms with Crippen molar-refractivity contribution in [1.29, 1.82) is 0 Å². The van der Waals surface area contributed by atoms with E-state index in [4.69, 9.17) is 4.74 Å². The van der Waals surface area contributed by atoms with Crippen molar-refractivity contribution in [2.75, 3.05) is 13.6 Å². The standard InChI is InChI=1S/C18H19NO3/c1-19-7-6-18-12-4-5-14(21)17(18)22-16-11(9-20)3-2-10(15(16)18)8-13(12)19/h2-4,13,17,20H,5-9H2,1H3/t13?,17?,18-/m0/s1. The average Bonchev–Trinajstić information content (AvgIpc) is 2.88. The molecule has 4 aliphatic rings. The van der Waals surface area contributed by atoms with E-state index in [9.17, 15) is 9.90 Å². The van der Waals surface area contributed by atoms with Gasteiger partial charge < -0.3 is 9.84 Å². The fourth-order valence-electron chi connectivity index (χ4n) is 5.12. The summed E-state index contributed by atoms with van der Waals surface area (Å²) in [6.45, 7) is 0.944. The second-order valence-electron chi connectivity index (χ2n) is 7.00. The summed E-state index contributed by atoms with van der Waals surface area (Å²) in [6, 6.07) is 4.46. The Morgan fingerprint density at radius 1 is 1.45 bits per heavy atom. The molecule has 4 nitrogen and oxygen atoms in total. The molecular formula is C18H19NO3. The molecule has 2 aliphatic carbocycles. The summed E-state index contributed by atoms with van der Waals surface area (Å²) in [5, 5.41) is 9.65. The van der Waals surface area contributed by atoms with Gasteiger partial charge >= 0.3 is 0 Å². The minimum Gasteiger partial charge on any atom is -0.481 e. The Labute approximate surface area is 129 Å². The summed E-state index contributed by atoms with van der Waals surface area (Å²) in [6.07, 6.45) is 4.15. The molecule has 2 heterocycles. The first-order chi connectivity index (χ1) is 10.7. The number of ketones is 1. The second-order valence-corrected chi connectivity index (χ2v) is 7.00. The number of carbonyl (C=O) groups excluding carboxylic acids is 1. The van der Waals surface area contributed by atoms with Crippen LogP contribution in [0, 0.1) is 0 Å². The van der Waals surface area contributed by atoms with Crippen molar-refractivity contribution in [1.82, 2.24) is 4.90 Å². The van der Waals surface area contributed by atoms with Crippen molar-refractivity contribution in [3.8, 4) is 5.75 Å². The highest BCUT2D eigenvalue weighted by molar-refractivity contribution is 5.92. The third kappa shape index (κ3) is 1.25. The molecule has 22 heavy (non-hydrogen) atoms. The number of Topliss-reactive ketones (excluding diaryl/α,β-unsaturated/α-hetero) is 1. The summed E-state index contributed by atoms with van der Waals surface area (Å²) >= 11 is 0. The number of rotatable bonds is 1. The van der Waals surface area contributed by atoms with E-state index in [1.807, 2.05) is 6.07 Å². The Morgan fingerprint density at radius 3 is 3.14 bits per heavy atom. The molecule has 2 bridgehead atoms. The van der Waals surface area contributed by atoms with Crippen LogP contribution in [0.5, 0.6) is 5.75 Å². The van der Waals surface area contributed by atoms with Crippen LogP contribution >= 0.6 is 0 Å². The van der Waals surface area contributed by atoms with Crippen molar-refractivity contribution in [2.24, 2.45) is 0 Å². The van der Waals surface area contributed by atoms with Crippen LogP contribution in [0.4, 0.5) is 0 Å². The Bertz CT molecular complexity index is 738. The largest absolute Gasteiger partial charge is 0.481 e. The van der Waals surface area contributed by atoms with Gasteiger partial charge in [0, 0.05) is 23.6 Å². The van der Waals surface area contributed by atoms with Crippen LogP contribution in [-0.2, 0) is 23.2 Å². The highest BCUT2D eigenvalue weighted by Gasteiger charge is 2.62. The first-order valence-electron chi connectivity index (χ1n) is 8.03. The highest BCUT2D eigenvalue weighted by Crippen LogP contribution is 2.60. The van der Waals surface area contributed by atoms with E-state index in [1.54, 1.807) is 0 Å². The zero-order valence-electron chi connectivity index (χ0n) is 12.6. The van der Waals surface area contributed by atoms with Crippen molar-refractivity contribution in [3.63, 3.8) is 0 Å². The molecule has 114 valence electrons. The van der Waals surface area contributed by atoms with Crippen molar-refractivity contribution in [2.45, 2.75) is 43.4 Å². The van der Waals surface area contributed by atoms with Gasteiger partial charge in [-0.05, 0) is 37.6 Å². The van der Waals surface area contributed by atoms with Gasteiger partial charge in [0.1, 0.15) is 5.75 Å². The molecule has 2 aliphatic heterocycles. The van der Waals surface area contributed by atoms with Gasteiger partial charge in [0.05, 0.1) is 12.0 Å². The van der Waals surface area contributed by atoms with Gasteiger partial charge in [0.15, 0.2) is 11.9 Å². The maximum atomic E-state index is 12.6. The molecule has 1 aromatic rings. The number of allylic oxidation sites excluding steroid dienone is 1. The number of likely N-dealkylation sites (N-methyl/N-ethyl adjacent to an activating group) is 1. The Kier molecular flexibility index (Phi) is 2.34. The number of benzene rings is 1. The fraction of sp³-hybridized carbons (Fsp3) is 0.500. The Balaban J connectivity index is 1.86. The van der Waals surface area contributed by atoms with E-state index in [-0.39, 0.29) is 23.9 Å². The lowest BCUT2D eigenvalue weighted by atomic mass is 9.56. The zero-order valence-corrected chi connectivity index (χ0v) is 12.6. The topological polar surface area (TPSA) is 49.8 Å². The van der Waals surface area contributed by atoms with Gasteiger partial charge in [0.2, 0.25) is 0 Å². The van der Waals surface area contributed by atoms with Gasteiger partial charge in [0.25, 0.3) is 0 Å². The first kappa shape index (κ1) is 12.9. The Morgan fingerprint density at radius 2 is 2.32 bits per heavy atom. The molecule has 1 saturated heterocycles. The number of hydrogen-bond acceptors (Lipinski definition) is 4. The molecule has 1 spiro atoms. The summed E-state index contributed by atoms with van der Waals surface area (Å²) < 4.78 is 6.18. The average molecular weight is 297 g/mol. The SMILES string of the molecule is CN1CC[C@@]23C4=CCC(=O)C2Oc2c(CO)ccc(c23)CC41. The molecule has 3 atom stereocenters. The monoisotopic (exact) mass is 297 g/mol. The highest BCUT2D eigenvalue weighted by atomic mass is 16.5. The fourth-order valence-corrected chi connectivity index (χ4v) is 5.12. The molecule has 1 fully saturated rings. The van der Waals surface area contributed by atoms with Gasteiger partial charge in [-0.15, -0.1) is 0 Å². The minimum atomic E-state index is -0.384. The third-order valence-electron chi connectivity index (χ3n) is 6.12. The second kappa shape index (κ2) is 4.00. The molecule has 0 amide bonds. The maximum absolute atomic E-state index is 12.6. The summed E-state index contributed by atoms with van der Waals surface area (Å²) in [7, 11) is 2.17. The smallest absolute Gasteiger partial charge is 0.178 e. The summed E-state index contributed by atoms with van der Waals surface area (Å²) in [4.78, 5) is 15.0. The molecular weight excluding hydrogens is 278 g/mol. The van der Waals surface area contributed by atoms with E-state index < -0.39 is 0 Å². The summed E-state index contributed by atoms with van der Waals surface area (Å²) in [5.74, 6) is 0.967. The van der Waals surface area contributed by atoms with Crippen molar-refractivity contribution in [3.05, 3.63) is 40.5 Å². The van der Waals surface area contributed by atoms with E-state index in [0.29, 0.717) is 12.5 Å². The number of piperidine rings is 1. The van der Waals surface area contributed by atoms with Gasteiger partial charge in [-0.3, -0.25) is 9.69 Å². The van der Waals surface area contributed by atoms with E-state index in [1.165, 1.54) is 16.7 Å². The predicted molar refractivity (Wildman–Crippen MR) is 80.9 cm³/mol. The van der Waals surface area contributed by atoms with Crippen LogP contribution in [0.3, 0.4) is 0 Å². The lowest BCUT2D eigenvalue weighted by molar-refractivity contribution is -0.128. The number of aliphatic hydroxyl groups is 1. The van der Waals surface area contributed by atoms with Crippen molar-refractivity contribution < 1.29 is 14.6 Å². The first-order valence-corrected chi connectivity index (χ1v) is 8.03. The molecule has 2 unspecified atom stereocenters. The minimum absolute atomic E-state index is 0.0397. The number of likely N-dealkylation sites (tertiary alicyclic amines) is 1. The van der Waals surface area contributed by atoms with Crippen LogP contribution in [0.1, 0.15) is 29.5 Å². The number of nitrogens with zero attached hydrogens (tertiary/aromatic N) is 1. The van der Waals surface area contributed by atoms with Crippen LogP contribution in [0.25, 0.3) is 0 Å². The zero-order chi connectivity index (χ0) is 15.1. The van der Waals surface area contributed by atoms with Crippen molar-refractivity contribution >= 4 is 5.78 Å². The van der Waals surface area contributed by atoms with E-state index in [0.717, 1.165) is 30.7 Å². The van der Waals surface area contributed by atoms with E-state index >= 15 is 0 Å².